The summed E-state index contributed by atoms with van der Waals surface area (Å²) in [6.07, 6.45) is 3.49. The first-order chi connectivity index (χ1) is 7.49. The smallest absolute Gasteiger partial charge is 0.303 e. The second kappa shape index (κ2) is 8.57. The molecule has 96 valence electrons. The van der Waals surface area contributed by atoms with Gasteiger partial charge in [-0.15, -0.1) is 0 Å². The molecule has 0 heterocycles. The summed E-state index contributed by atoms with van der Waals surface area (Å²) in [5.74, 6) is 0.142. The van der Waals surface area contributed by atoms with Gasteiger partial charge in [-0.25, -0.2) is 0 Å². The van der Waals surface area contributed by atoms with Crippen molar-refractivity contribution in [1.29, 1.82) is 0 Å². The zero-order valence-corrected chi connectivity index (χ0v) is 11.1. The Balaban J connectivity index is 4.04. The van der Waals surface area contributed by atoms with E-state index in [0.717, 1.165) is 25.8 Å². The SMILES string of the molecule is CCC(CC)NCC(CC(=O)O)CC(C)C. The molecule has 0 spiro atoms. The number of carboxylic acid groups (broad SMARTS) is 1. The van der Waals surface area contributed by atoms with Crippen LogP contribution in [0.3, 0.4) is 0 Å². The van der Waals surface area contributed by atoms with Crippen molar-refractivity contribution in [3.8, 4) is 0 Å². The first-order valence-corrected chi connectivity index (χ1v) is 6.44. The van der Waals surface area contributed by atoms with E-state index in [1.54, 1.807) is 0 Å². The molecule has 0 saturated carbocycles. The van der Waals surface area contributed by atoms with Crippen LogP contribution in [0.15, 0.2) is 0 Å². The number of hydrogen-bond acceptors (Lipinski definition) is 2. The van der Waals surface area contributed by atoms with Crippen LogP contribution in [0, 0.1) is 11.8 Å². The number of carboxylic acids is 1. The van der Waals surface area contributed by atoms with Crippen LogP contribution < -0.4 is 5.32 Å². The van der Waals surface area contributed by atoms with Gasteiger partial charge in [0, 0.05) is 12.5 Å². The number of carbonyl (C=O) groups is 1. The fourth-order valence-electron chi connectivity index (χ4n) is 2.06. The van der Waals surface area contributed by atoms with Crippen molar-refractivity contribution < 1.29 is 9.90 Å². The molecule has 0 radical (unpaired) electrons. The zero-order chi connectivity index (χ0) is 12.6. The lowest BCUT2D eigenvalue weighted by atomic mass is 9.93. The standard InChI is InChI=1S/C13H27NO2/c1-5-12(6-2)14-9-11(7-10(3)4)8-13(15)16/h10-12,14H,5-9H2,1-4H3,(H,15,16). The minimum atomic E-state index is -0.683. The van der Waals surface area contributed by atoms with Gasteiger partial charge in [-0.1, -0.05) is 27.7 Å². The van der Waals surface area contributed by atoms with Gasteiger partial charge in [-0.05, 0) is 37.6 Å². The fourth-order valence-corrected chi connectivity index (χ4v) is 2.06. The Hall–Kier alpha value is -0.570. The fraction of sp³-hybridized carbons (Fsp3) is 0.923. The quantitative estimate of drug-likeness (QED) is 0.639. The third kappa shape index (κ3) is 7.69. The first-order valence-electron chi connectivity index (χ1n) is 6.44. The van der Waals surface area contributed by atoms with Crippen LogP contribution in [0.1, 0.15) is 53.4 Å². The van der Waals surface area contributed by atoms with E-state index < -0.39 is 5.97 Å². The number of aliphatic carboxylic acids is 1. The Bertz CT molecular complexity index is 188. The summed E-state index contributed by atoms with van der Waals surface area (Å²) in [6, 6.07) is 0.531. The van der Waals surface area contributed by atoms with Crippen LogP contribution in [0.25, 0.3) is 0 Å². The van der Waals surface area contributed by atoms with E-state index in [-0.39, 0.29) is 12.3 Å². The monoisotopic (exact) mass is 229 g/mol. The van der Waals surface area contributed by atoms with E-state index in [2.05, 4.69) is 33.0 Å². The predicted molar refractivity (Wildman–Crippen MR) is 67.6 cm³/mol. The molecule has 0 amide bonds. The molecule has 0 aromatic heterocycles. The molecule has 0 bridgehead atoms. The largest absolute Gasteiger partial charge is 0.481 e. The van der Waals surface area contributed by atoms with Crippen molar-refractivity contribution in [1.82, 2.24) is 5.32 Å². The second-order valence-electron chi connectivity index (χ2n) is 5.02. The van der Waals surface area contributed by atoms with E-state index in [0.29, 0.717) is 12.0 Å². The summed E-state index contributed by atoms with van der Waals surface area (Å²) >= 11 is 0. The van der Waals surface area contributed by atoms with Crippen LogP contribution in [0.5, 0.6) is 0 Å². The third-order valence-electron chi connectivity index (χ3n) is 2.95. The van der Waals surface area contributed by atoms with Crippen LogP contribution in [-0.4, -0.2) is 23.7 Å². The van der Waals surface area contributed by atoms with E-state index in [1.807, 2.05) is 0 Å². The first kappa shape index (κ1) is 15.4. The summed E-state index contributed by atoms with van der Waals surface area (Å²) in [6.45, 7) is 9.44. The van der Waals surface area contributed by atoms with E-state index in [1.165, 1.54) is 0 Å². The minimum Gasteiger partial charge on any atom is -0.481 e. The van der Waals surface area contributed by atoms with E-state index in [4.69, 9.17) is 5.11 Å². The zero-order valence-electron chi connectivity index (χ0n) is 11.1. The Morgan fingerprint density at radius 3 is 2.19 bits per heavy atom. The van der Waals surface area contributed by atoms with Crippen LogP contribution in [-0.2, 0) is 4.79 Å². The summed E-state index contributed by atoms with van der Waals surface area (Å²) in [4.78, 5) is 10.7. The summed E-state index contributed by atoms with van der Waals surface area (Å²) in [5, 5.41) is 12.3. The number of nitrogens with one attached hydrogen (secondary N) is 1. The lowest BCUT2D eigenvalue weighted by Crippen LogP contribution is -2.33. The van der Waals surface area contributed by atoms with Gasteiger partial charge < -0.3 is 10.4 Å². The molecule has 3 nitrogen and oxygen atoms in total. The molecule has 0 saturated heterocycles. The maximum atomic E-state index is 10.7. The molecule has 0 rings (SSSR count). The number of hydrogen-bond donors (Lipinski definition) is 2. The lowest BCUT2D eigenvalue weighted by Gasteiger charge is -2.21. The highest BCUT2D eigenvalue weighted by Crippen LogP contribution is 2.15. The van der Waals surface area contributed by atoms with Gasteiger partial charge in [-0.3, -0.25) is 4.79 Å². The second-order valence-corrected chi connectivity index (χ2v) is 5.02. The van der Waals surface area contributed by atoms with Crippen LogP contribution in [0.4, 0.5) is 0 Å². The minimum absolute atomic E-state index is 0.262. The molecule has 0 aliphatic carbocycles. The van der Waals surface area contributed by atoms with Crippen molar-refractivity contribution in [2.45, 2.75) is 59.4 Å². The Morgan fingerprint density at radius 1 is 1.25 bits per heavy atom. The Morgan fingerprint density at radius 2 is 1.81 bits per heavy atom. The average Bonchev–Trinajstić information content (AvgIpc) is 2.17. The molecule has 0 fully saturated rings. The highest BCUT2D eigenvalue weighted by Gasteiger charge is 2.15. The highest BCUT2D eigenvalue weighted by molar-refractivity contribution is 5.67. The third-order valence-corrected chi connectivity index (χ3v) is 2.95. The van der Waals surface area contributed by atoms with E-state index >= 15 is 0 Å². The molecule has 0 aromatic carbocycles. The number of rotatable bonds is 9. The highest BCUT2D eigenvalue weighted by atomic mass is 16.4. The van der Waals surface area contributed by atoms with Crippen molar-refractivity contribution in [3.05, 3.63) is 0 Å². The summed E-state index contributed by atoms with van der Waals surface area (Å²) < 4.78 is 0. The van der Waals surface area contributed by atoms with Crippen LogP contribution >= 0.6 is 0 Å². The van der Waals surface area contributed by atoms with Crippen molar-refractivity contribution >= 4 is 5.97 Å². The summed E-state index contributed by atoms with van der Waals surface area (Å²) in [7, 11) is 0. The lowest BCUT2D eigenvalue weighted by molar-refractivity contribution is -0.138. The molecule has 16 heavy (non-hydrogen) atoms. The van der Waals surface area contributed by atoms with Gasteiger partial charge >= 0.3 is 5.97 Å². The van der Waals surface area contributed by atoms with E-state index in [9.17, 15) is 4.79 Å². The summed E-state index contributed by atoms with van der Waals surface area (Å²) in [5.41, 5.74) is 0. The van der Waals surface area contributed by atoms with Gasteiger partial charge in [0.15, 0.2) is 0 Å². The van der Waals surface area contributed by atoms with Crippen molar-refractivity contribution in [3.63, 3.8) is 0 Å². The van der Waals surface area contributed by atoms with Gasteiger partial charge in [0.05, 0.1) is 0 Å². The average molecular weight is 229 g/mol. The van der Waals surface area contributed by atoms with Crippen molar-refractivity contribution in [2.24, 2.45) is 11.8 Å². The molecular formula is C13H27NO2. The normalized spacial score (nSPS) is 13.4. The molecule has 1 unspecified atom stereocenters. The molecule has 0 aliphatic rings. The molecule has 1 atom stereocenters. The predicted octanol–water partition coefficient (Wildman–Crippen LogP) is 2.90. The van der Waals surface area contributed by atoms with Crippen LogP contribution in [0.2, 0.25) is 0 Å². The molecule has 0 aliphatic heterocycles. The van der Waals surface area contributed by atoms with Gasteiger partial charge in [0.25, 0.3) is 0 Å². The molecule has 2 N–H and O–H groups in total. The topological polar surface area (TPSA) is 49.3 Å². The molecule has 0 aromatic rings. The maximum absolute atomic E-state index is 10.7. The molecular weight excluding hydrogens is 202 g/mol. The van der Waals surface area contributed by atoms with Gasteiger partial charge in [0.2, 0.25) is 0 Å². The molecule has 3 heteroatoms. The van der Waals surface area contributed by atoms with Gasteiger partial charge in [-0.2, -0.15) is 0 Å². The maximum Gasteiger partial charge on any atom is 0.303 e. The van der Waals surface area contributed by atoms with Gasteiger partial charge in [0.1, 0.15) is 0 Å². The van der Waals surface area contributed by atoms with Crippen molar-refractivity contribution in [2.75, 3.05) is 6.54 Å². The Kier molecular flexibility index (Phi) is 8.26. The Labute approximate surface area is 99.6 Å².